The van der Waals surface area contributed by atoms with Crippen LogP contribution in [0.4, 0.5) is 0 Å². The molecule has 0 unspecified atom stereocenters. The van der Waals surface area contributed by atoms with E-state index < -0.39 is 0 Å². The van der Waals surface area contributed by atoms with Crippen molar-refractivity contribution >= 4 is 0 Å². The lowest BCUT2D eigenvalue weighted by Crippen LogP contribution is -2.16. The van der Waals surface area contributed by atoms with Gasteiger partial charge in [-0.15, -0.1) is 0 Å². The summed E-state index contributed by atoms with van der Waals surface area (Å²) in [5.41, 5.74) is 3.48. The molecule has 7 nitrogen and oxygen atoms in total. The quantitative estimate of drug-likeness (QED) is 0.658. The van der Waals surface area contributed by atoms with Gasteiger partial charge >= 0.3 is 0 Å². The fraction of sp³-hybridized carbons (Fsp3) is 0.389. The van der Waals surface area contributed by atoms with Crippen molar-refractivity contribution in [3.8, 4) is 11.4 Å². The van der Waals surface area contributed by atoms with Crippen molar-refractivity contribution in [3.05, 3.63) is 53.6 Å². The predicted molar refractivity (Wildman–Crippen MR) is 95.5 cm³/mol. The second-order valence-corrected chi connectivity index (χ2v) is 6.30. The summed E-state index contributed by atoms with van der Waals surface area (Å²) in [5, 5.41) is 8.66. The van der Waals surface area contributed by atoms with Crippen molar-refractivity contribution in [2.45, 2.75) is 19.7 Å². The van der Waals surface area contributed by atoms with E-state index in [0.717, 1.165) is 30.3 Å². The lowest BCUT2D eigenvalue weighted by atomic mass is 10.1. The number of ether oxygens (including phenoxy) is 1. The Kier molecular flexibility index (Phi) is 5.25. The third-order valence-corrected chi connectivity index (χ3v) is 4.00. The second kappa shape index (κ2) is 7.58. The highest BCUT2D eigenvalue weighted by molar-refractivity contribution is 5.55. The van der Waals surface area contributed by atoms with Gasteiger partial charge in [0.2, 0.25) is 0 Å². The van der Waals surface area contributed by atoms with E-state index in [-0.39, 0.29) is 0 Å². The van der Waals surface area contributed by atoms with E-state index in [1.807, 2.05) is 31.2 Å². The van der Waals surface area contributed by atoms with Gasteiger partial charge in [0.15, 0.2) is 11.6 Å². The highest BCUT2D eigenvalue weighted by Gasteiger charge is 2.09. The fourth-order valence-corrected chi connectivity index (χ4v) is 2.79. The van der Waals surface area contributed by atoms with Crippen LogP contribution < -0.4 is 0 Å². The minimum absolute atomic E-state index is 0.459. The number of benzene rings is 1. The molecule has 0 spiro atoms. The average Bonchev–Trinajstić information content (AvgIpc) is 3.14. The summed E-state index contributed by atoms with van der Waals surface area (Å²) in [5.74, 6) is 1.54. The molecule has 2 aromatic heterocycles. The van der Waals surface area contributed by atoms with Gasteiger partial charge in [0.1, 0.15) is 6.61 Å². The first-order valence-electron chi connectivity index (χ1n) is 8.19. The molecule has 0 bridgehead atoms. The van der Waals surface area contributed by atoms with Gasteiger partial charge in [-0.05, 0) is 12.6 Å². The molecule has 7 heteroatoms. The molecule has 2 heterocycles. The van der Waals surface area contributed by atoms with Crippen molar-refractivity contribution in [2.24, 2.45) is 14.1 Å². The Hall–Kier alpha value is -2.51. The Balaban J connectivity index is 1.64. The molecule has 25 heavy (non-hydrogen) atoms. The number of nitrogens with zero attached hydrogens (tertiary/aromatic N) is 6. The minimum atomic E-state index is 0.459. The number of methoxy groups -OCH3 is 1. The van der Waals surface area contributed by atoms with Gasteiger partial charge in [-0.2, -0.15) is 10.2 Å². The Morgan fingerprint density at radius 1 is 1.08 bits per heavy atom. The third kappa shape index (κ3) is 4.32. The SMILES string of the molecule is COCc1nc(-c2ccc(CN(C)Cc3cnn(C)c3)cc2)nn1C. The van der Waals surface area contributed by atoms with Crippen LogP contribution in [0.25, 0.3) is 11.4 Å². The van der Waals surface area contributed by atoms with Gasteiger partial charge in [-0.3, -0.25) is 14.3 Å². The van der Waals surface area contributed by atoms with Crippen LogP contribution in [0.5, 0.6) is 0 Å². The van der Waals surface area contributed by atoms with Crippen LogP contribution in [0.1, 0.15) is 17.0 Å². The molecule has 3 aromatic rings. The summed E-state index contributed by atoms with van der Waals surface area (Å²) in [4.78, 5) is 6.79. The molecule has 0 aliphatic heterocycles. The number of aromatic nitrogens is 5. The van der Waals surface area contributed by atoms with Gasteiger partial charge < -0.3 is 4.74 Å². The normalized spacial score (nSPS) is 11.4. The number of hydrogen-bond donors (Lipinski definition) is 0. The van der Waals surface area contributed by atoms with Crippen molar-refractivity contribution in [1.82, 2.24) is 29.4 Å². The van der Waals surface area contributed by atoms with E-state index >= 15 is 0 Å². The second-order valence-electron chi connectivity index (χ2n) is 6.30. The highest BCUT2D eigenvalue weighted by atomic mass is 16.5. The summed E-state index contributed by atoms with van der Waals surface area (Å²) in [6.07, 6.45) is 3.95. The molecule has 0 amide bonds. The zero-order valence-corrected chi connectivity index (χ0v) is 15.2. The maximum atomic E-state index is 5.14. The molecular weight excluding hydrogens is 316 g/mol. The maximum absolute atomic E-state index is 5.14. The molecule has 0 saturated carbocycles. The van der Waals surface area contributed by atoms with E-state index in [0.29, 0.717) is 6.61 Å². The Morgan fingerprint density at radius 3 is 2.44 bits per heavy atom. The largest absolute Gasteiger partial charge is 0.377 e. The zero-order valence-electron chi connectivity index (χ0n) is 15.2. The molecule has 3 rings (SSSR count). The van der Waals surface area contributed by atoms with Crippen LogP contribution in [0.15, 0.2) is 36.7 Å². The van der Waals surface area contributed by atoms with Crippen molar-refractivity contribution in [3.63, 3.8) is 0 Å². The summed E-state index contributed by atoms with van der Waals surface area (Å²) in [6, 6.07) is 8.39. The van der Waals surface area contributed by atoms with E-state index in [1.165, 1.54) is 11.1 Å². The average molecular weight is 340 g/mol. The van der Waals surface area contributed by atoms with Gasteiger partial charge in [0.05, 0.1) is 6.20 Å². The van der Waals surface area contributed by atoms with Crippen LogP contribution in [0.3, 0.4) is 0 Å². The van der Waals surface area contributed by atoms with E-state index in [9.17, 15) is 0 Å². The smallest absolute Gasteiger partial charge is 0.181 e. The molecule has 0 fully saturated rings. The maximum Gasteiger partial charge on any atom is 0.181 e. The molecule has 132 valence electrons. The minimum Gasteiger partial charge on any atom is -0.377 e. The molecule has 0 N–H and O–H groups in total. The van der Waals surface area contributed by atoms with E-state index in [1.54, 1.807) is 11.8 Å². The fourth-order valence-electron chi connectivity index (χ4n) is 2.79. The Bertz CT molecular complexity index is 820. The third-order valence-electron chi connectivity index (χ3n) is 4.00. The molecule has 0 atom stereocenters. The van der Waals surface area contributed by atoms with Gasteiger partial charge in [-0.1, -0.05) is 24.3 Å². The first-order chi connectivity index (χ1) is 12.0. The van der Waals surface area contributed by atoms with Gasteiger partial charge in [0.25, 0.3) is 0 Å². The predicted octanol–water partition coefficient (Wildman–Crippen LogP) is 1.99. The standard InChI is InChI=1S/C18H24N6O/c1-22(11-15-9-19-23(2)12-15)10-14-5-7-16(8-6-14)18-20-17(13-25-4)24(3)21-18/h5-9,12H,10-11,13H2,1-4H3. The zero-order chi connectivity index (χ0) is 17.8. The Labute approximate surface area is 147 Å². The summed E-state index contributed by atoms with van der Waals surface area (Å²) in [7, 11) is 7.59. The Morgan fingerprint density at radius 2 is 1.80 bits per heavy atom. The molecule has 0 aliphatic rings. The number of aryl methyl sites for hydroxylation is 2. The van der Waals surface area contributed by atoms with Crippen LogP contribution >= 0.6 is 0 Å². The summed E-state index contributed by atoms with van der Waals surface area (Å²) >= 11 is 0. The first kappa shape index (κ1) is 17.3. The first-order valence-corrected chi connectivity index (χ1v) is 8.19. The number of hydrogen-bond acceptors (Lipinski definition) is 5. The van der Waals surface area contributed by atoms with Crippen LogP contribution in [0, 0.1) is 0 Å². The highest BCUT2D eigenvalue weighted by Crippen LogP contribution is 2.17. The lowest BCUT2D eigenvalue weighted by molar-refractivity contribution is 0.174. The van der Waals surface area contributed by atoms with Crippen molar-refractivity contribution in [2.75, 3.05) is 14.2 Å². The van der Waals surface area contributed by atoms with Crippen LogP contribution in [0.2, 0.25) is 0 Å². The van der Waals surface area contributed by atoms with Crippen molar-refractivity contribution < 1.29 is 4.74 Å². The number of rotatable bonds is 7. The molecule has 0 radical (unpaired) electrons. The monoisotopic (exact) mass is 340 g/mol. The van der Waals surface area contributed by atoms with E-state index in [2.05, 4.69) is 51.4 Å². The molecule has 0 aliphatic carbocycles. The van der Waals surface area contributed by atoms with Crippen molar-refractivity contribution in [1.29, 1.82) is 0 Å². The summed E-state index contributed by atoms with van der Waals surface area (Å²) in [6.45, 7) is 2.21. The van der Waals surface area contributed by atoms with Gasteiger partial charge in [0, 0.05) is 51.6 Å². The lowest BCUT2D eigenvalue weighted by Gasteiger charge is -2.15. The molecule has 1 aromatic carbocycles. The van der Waals surface area contributed by atoms with Gasteiger partial charge in [-0.25, -0.2) is 4.98 Å². The van der Waals surface area contributed by atoms with Crippen LogP contribution in [-0.4, -0.2) is 43.6 Å². The summed E-state index contributed by atoms with van der Waals surface area (Å²) < 4.78 is 8.72. The molecule has 0 saturated heterocycles. The van der Waals surface area contributed by atoms with Crippen LogP contribution in [-0.2, 0) is 38.5 Å². The van der Waals surface area contributed by atoms with E-state index in [4.69, 9.17) is 4.74 Å². The molecular formula is C18H24N6O. The topological polar surface area (TPSA) is 61.0 Å².